The predicted molar refractivity (Wildman–Crippen MR) is 62.3 cm³/mol. The third-order valence-corrected chi connectivity index (χ3v) is 2.58. The van der Waals surface area contributed by atoms with E-state index in [9.17, 15) is 9.90 Å². The van der Waals surface area contributed by atoms with Crippen LogP contribution in [0.3, 0.4) is 0 Å². The first-order chi connectivity index (χ1) is 7.61. The number of ether oxygens (including phenoxy) is 1. The lowest BCUT2D eigenvalue weighted by Crippen LogP contribution is -1.90. The molecule has 0 unspecified atom stereocenters. The number of aromatic hydroxyl groups is 1. The van der Waals surface area contributed by atoms with Gasteiger partial charge in [0.05, 0.1) is 12.7 Å². The zero-order chi connectivity index (χ0) is 11.7. The molecule has 0 aliphatic carbocycles. The Balaban J connectivity index is 2.70. The molecule has 0 radical (unpaired) electrons. The van der Waals surface area contributed by atoms with Crippen LogP contribution < -0.4 is 4.74 Å². The molecule has 16 heavy (non-hydrogen) atoms. The SMILES string of the molecule is COc1ccc2cc(O)c(C(=O)Cl)cc2c1. The van der Waals surface area contributed by atoms with E-state index in [1.807, 2.05) is 0 Å². The van der Waals surface area contributed by atoms with E-state index in [4.69, 9.17) is 16.3 Å². The molecule has 82 valence electrons. The summed E-state index contributed by atoms with van der Waals surface area (Å²) in [6.07, 6.45) is 0. The lowest BCUT2D eigenvalue weighted by Gasteiger charge is -2.05. The summed E-state index contributed by atoms with van der Waals surface area (Å²) >= 11 is 5.35. The number of methoxy groups -OCH3 is 1. The average Bonchev–Trinajstić information content (AvgIpc) is 2.27. The van der Waals surface area contributed by atoms with Gasteiger partial charge in [-0.05, 0) is 46.6 Å². The van der Waals surface area contributed by atoms with Crippen LogP contribution in [0.4, 0.5) is 0 Å². The zero-order valence-corrected chi connectivity index (χ0v) is 9.28. The van der Waals surface area contributed by atoms with E-state index in [0.29, 0.717) is 5.75 Å². The number of phenolic OH excluding ortho intramolecular Hbond substituents is 1. The largest absolute Gasteiger partial charge is 0.507 e. The van der Waals surface area contributed by atoms with Crippen LogP contribution >= 0.6 is 11.6 Å². The molecule has 2 rings (SSSR count). The first kappa shape index (κ1) is 10.8. The molecule has 0 aromatic heterocycles. The molecule has 0 saturated carbocycles. The summed E-state index contributed by atoms with van der Waals surface area (Å²) in [6.45, 7) is 0. The van der Waals surface area contributed by atoms with Crippen LogP contribution in [0.5, 0.6) is 11.5 Å². The van der Waals surface area contributed by atoms with Crippen molar-refractivity contribution in [3.05, 3.63) is 35.9 Å². The van der Waals surface area contributed by atoms with Crippen LogP contribution in [0.1, 0.15) is 10.4 Å². The van der Waals surface area contributed by atoms with E-state index in [1.165, 1.54) is 6.07 Å². The summed E-state index contributed by atoms with van der Waals surface area (Å²) < 4.78 is 5.07. The average molecular weight is 237 g/mol. The second kappa shape index (κ2) is 4.02. The molecule has 0 aliphatic heterocycles. The van der Waals surface area contributed by atoms with Gasteiger partial charge in [-0.3, -0.25) is 4.79 Å². The van der Waals surface area contributed by atoms with Gasteiger partial charge in [0.25, 0.3) is 5.24 Å². The maximum Gasteiger partial charge on any atom is 0.256 e. The molecule has 2 aromatic carbocycles. The van der Waals surface area contributed by atoms with Gasteiger partial charge < -0.3 is 9.84 Å². The van der Waals surface area contributed by atoms with E-state index >= 15 is 0 Å². The van der Waals surface area contributed by atoms with E-state index in [1.54, 1.807) is 31.4 Å². The Kier molecular flexibility index (Phi) is 2.71. The fourth-order valence-electron chi connectivity index (χ4n) is 1.55. The fraction of sp³-hybridized carbons (Fsp3) is 0.0833. The van der Waals surface area contributed by atoms with Gasteiger partial charge in [0.15, 0.2) is 0 Å². The van der Waals surface area contributed by atoms with Crippen LogP contribution in [0.2, 0.25) is 0 Å². The molecule has 0 saturated heterocycles. The van der Waals surface area contributed by atoms with Crippen LogP contribution in [0.25, 0.3) is 10.8 Å². The molecule has 0 spiro atoms. The second-order valence-corrected chi connectivity index (χ2v) is 3.70. The third kappa shape index (κ3) is 1.82. The van der Waals surface area contributed by atoms with Gasteiger partial charge in [-0.25, -0.2) is 0 Å². The van der Waals surface area contributed by atoms with Crippen molar-refractivity contribution >= 4 is 27.6 Å². The Morgan fingerprint density at radius 2 is 2.00 bits per heavy atom. The number of benzene rings is 2. The van der Waals surface area contributed by atoms with Gasteiger partial charge >= 0.3 is 0 Å². The normalized spacial score (nSPS) is 10.4. The topological polar surface area (TPSA) is 46.5 Å². The predicted octanol–water partition coefficient (Wildman–Crippen LogP) is 2.93. The summed E-state index contributed by atoms with van der Waals surface area (Å²) in [6, 6.07) is 8.41. The molecule has 4 heteroatoms. The quantitative estimate of drug-likeness (QED) is 0.816. The number of halogens is 1. The molecule has 0 heterocycles. The minimum absolute atomic E-state index is 0.0995. The van der Waals surface area contributed by atoms with E-state index < -0.39 is 5.24 Å². The van der Waals surface area contributed by atoms with Crippen molar-refractivity contribution in [3.8, 4) is 11.5 Å². The molecule has 1 N–H and O–H groups in total. The number of fused-ring (bicyclic) bond motifs is 1. The van der Waals surface area contributed by atoms with Crippen molar-refractivity contribution in [2.45, 2.75) is 0 Å². The molecular formula is C12H9ClO3. The number of hydrogen-bond acceptors (Lipinski definition) is 3. The summed E-state index contributed by atoms with van der Waals surface area (Å²) in [5.41, 5.74) is 0.0995. The fourth-order valence-corrected chi connectivity index (χ4v) is 1.70. The van der Waals surface area contributed by atoms with Gasteiger partial charge in [-0.1, -0.05) is 6.07 Å². The van der Waals surface area contributed by atoms with Crippen LogP contribution in [0, 0.1) is 0 Å². The summed E-state index contributed by atoms with van der Waals surface area (Å²) in [5, 5.41) is 10.5. The van der Waals surface area contributed by atoms with Crippen molar-refractivity contribution < 1.29 is 14.6 Å². The van der Waals surface area contributed by atoms with Gasteiger partial charge in [0, 0.05) is 0 Å². The van der Waals surface area contributed by atoms with Crippen LogP contribution in [0.15, 0.2) is 30.3 Å². The van der Waals surface area contributed by atoms with Crippen molar-refractivity contribution in [3.63, 3.8) is 0 Å². The maximum atomic E-state index is 11.0. The first-order valence-electron chi connectivity index (χ1n) is 4.62. The molecule has 0 amide bonds. The van der Waals surface area contributed by atoms with E-state index in [-0.39, 0.29) is 11.3 Å². The van der Waals surface area contributed by atoms with Gasteiger partial charge in [-0.2, -0.15) is 0 Å². The molecule has 3 nitrogen and oxygen atoms in total. The lowest BCUT2D eigenvalue weighted by molar-refractivity contribution is 0.107. The van der Waals surface area contributed by atoms with Gasteiger partial charge in [-0.15, -0.1) is 0 Å². The highest BCUT2D eigenvalue weighted by molar-refractivity contribution is 6.68. The summed E-state index contributed by atoms with van der Waals surface area (Å²) in [5.74, 6) is 0.573. The Morgan fingerprint density at radius 1 is 1.25 bits per heavy atom. The Hall–Kier alpha value is -1.74. The number of hydrogen-bond donors (Lipinski definition) is 1. The van der Waals surface area contributed by atoms with Crippen molar-refractivity contribution in [2.24, 2.45) is 0 Å². The Bertz CT molecular complexity index is 563. The highest BCUT2D eigenvalue weighted by Crippen LogP contribution is 2.28. The molecule has 0 bridgehead atoms. The minimum Gasteiger partial charge on any atom is -0.507 e. The third-order valence-electron chi connectivity index (χ3n) is 2.37. The molecule has 2 aromatic rings. The van der Waals surface area contributed by atoms with Crippen molar-refractivity contribution in [1.82, 2.24) is 0 Å². The number of phenols is 1. The maximum absolute atomic E-state index is 11.0. The van der Waals surface area contributed by atoms with Crippen molar-refractivity contribution in [2.75, 3.05) is 7.11 Å². The molecule has 0 atom stereocenters. The first-order valence-corrected chi connectivity index (χ1v) is 5.00. The zero-order valence-electron chi connectivity index (χ0n) is 8.53. The van der Waals surface area contributed by atoms with Crippen molar-refractivity contribution in [1.29, 1.82) is 0 Å². The molecule has 0 fully saturated rings. The van der Waals surface area contributed by atoms with Gasteiger partial charge in [0.2, 0.25) is 0 Å². The number of carbonyl (C=O) groups is 1. The molecular weight excluding hydrogens is 228 g/mol. The Labute approximate surface area is 97.2 Å². The Morgan fingerprint density at radius 3 is 2.62 bits per heavy atom. The van der Waals surface area contributed by atoms with Crippen LogP contribution in [-0.2, 0) is 0 Å². The highest BCUT2D eigenvalue weighted by atomic mass is 35.5. The summed E-state index contributed by atoms with van der Waals surface area (Å²) in [7, 11) is 1.56. The lowest BCUT2D eigenvalue weighted by atomic mass is 10.1. The summed E-state index contributed by atoms with van der Waals surface area (Å²) in [4.78, 5) is 11.0. The minimum atomic E-state index is -0.679. The number of rotatable bonds is 2. The standard InChI is InChI=1S/C12H9ClO3/c1-16-9-3-2-7-6-11(14)10(12(13)15)5-8(7)4-9/h2-6,14H,1H3. The van der Waals surface area contributed by atoms with E-state index in [2.05, 4.69) is 0 Å². The van der Waals surface area contributed by atoms with E-state index in [0.717, 1.165) is 10.8 Å². The highest BCUT2D eigenvalue weighted by Gasteiger charge is 2.10. The monoisotopic (exact) mass is 236 g/mol. The smallest absolute Gasteiger partial charge is 0.256 e. The number of carbonyl (C=O) groups excluding carboxylic acids is 1. The second-order valence-electron chi connectivity index (χ2n) is 3.36. The van der Waals surface area contributed by atoms with Gasteiger partial charge in [0.1, 0.15) is 11.5 Å². The molecule has 0 aliphatic rings. The van der Waals surface area contributed by atoms with Crippen LogP contribution in [-0.4, -0.2) is 17.5 Å².